The molecule has 8 heteroatoms. The molecular formula is C25H18ClN3O3S. The largest absolute Gasteiger partial charge is 0.493 e. The molecule has 2 heterocycles. The number of thioether (sulfide) groups is 1. The summed E-state index contributed by atoms with van der Waals surface area (Å²) in [5, 5.41) is 11.6. The van der Waals surface area contributed by atoms with Crippen molar-refractivity contribution in [2.45, 2.75) is 16.6 Å². The molecule has 1 aliphatic rings. The molecule has 33 heavy (non-hydrogen) atoms. The van der Waals surface area contributed by atoms with Crippen LogP contribution >= 0.6 is 23.4 Å². The number of nitrogens with zero attached hydrogens (tertiary/aromatic N) is 2. The summed E-state index contributed by atoms with van der Waals surface area (Å²) in [4.78, 5) is 33.6. The summed E-state index contributed by atoms with van der Waals surface area (Å²) in [7, 11) is 0. The number of H-pyrrole nitrogens is 1. The minimum atomic E-state index is -0.743. The Morgan fingerprint density at radius 1 is 0.970 bits per heavy atom. The van der Waals surface area contributed by atoms with Crippen LogP contribution in [0.1, 0.15) is 22.8 Å². The van der Waals surface area contributed by atoms with E-state index in [0.717, 1.165) is 15.0 Å². The van der Waals surface area contributed by atoms with E-state index in [1.807, 2.05) is 54.6 Å². The molecule has 0 unspecified atom stereocenters. The first-order valence-electron chi connectivity index (χ1n) is 10.2. The number of rotatable bonds is 3. The van der Waals surface area contributed by atoms with Crippen LogP contribution in [0.15, 0.2) is 98.3 Å². The quantitative estimate of drug-likeness (QED) is 0.424. The van der Waals surface area contributed by atoms with E-state index in [4.69, 9.17) is 16.6 Å². The third-order valence-electron chi connectivity index (χ3n) is 5.40. The topological polar surface area (TPSA) is 87.5 Å². The van der Waals surface area contributed by atoms with Gasteiger partial charge in [0.2, 0.25) is 5.88 Å². The summed E-state index contributed by atoms with van der Waals surface area (Å²) in [6.45, 7) is 0. The van der Waals surface area contributed by atoms with Crippen molar-refractivity contribution < 1.29 is 5.11 Å². The lowest BCUT2D eigenvalue weighted by atomic mass is 10.0. The van der Waals surface area contributed by atoms with E-state index in [1.54, 1.807) is 36.0 Å². The molecule has 1 aliphatic heterocycles. The van der Waals surface area contributed by atoms with E-state index in [-0.39, 0.29) is 10.8 Å². The molecular weight excluding hydrogens is 458 g/mol. The molecule has 0 spiro atoms. The van der Waals surface area contributed by atoms with Gasteiger partial charge in [0.1, 0.15) is 5.56 Å². The van der Waals surface area contributed by atoms with Gasteiger partial charge in [0.25, 0.3) is 5.56 Å². The third-order valence-corrected chi connectivity index (χ3v) is 6.97. The molecule has 6 nitrogen and oxygen atoms in total. The Bertz CT molecular complexity index is 1480. The highest BCUT2D eigenvalue weighted by molar-refractivity contribution is 7.99. The van der Waals surface area contributed by atoms with Crippen LogP contribution in [0.25, 0.3) is 5.69 Å². The second-order valence-electron chi connectivity index (χ2n) is 7.52. The van der Waals surface area contributed by atoms with Crippen molar-refractivity contribution in [2.75, 3.05) is 0 Å². The molecule has 0 saturated heterocycles. The Morgan fingerprint density at radius 2 is 1.67 bits per heavy atom. The van der Waals surface area contributed by atoms with Crippen LogP contribution in [-0.2, 0) is 0 Å². The van der Waals surface area contributed by atoms with Crippen molar-refractivity contribution >= 4 is 34.8 Å². The smallest absolute Gasteiger partial charge is 0.335 e. The Balaban J connectivity index is 1.71. The maximum absolute atomic E-state index is 12.9. The number of halogens is 1. The Kier molecular flexibility index (Phi) is 5.66. The molecule has 1 aromatic heterocycles. The highest BCUT2D eigenvalue weighted by Gasteiger charge is 2.27. The summed E-state index contributed by atoms with van der Waals surface area (Å²) in [6.07, 6.45) is 0.388. The monoisotopic (exact) mass is 475 g/mol. The number of aliphatic imine (C=N–C) groups is 1. The van der Waals surface area contributed by atoms with Crippen LogP contribution < -0.4 is 11.2 Å². The molecule has 3 aromatic carbocycles. The summed E-state index contributed by atoms with van der Waals surface area (Å²) >= 11 is 7.62. The average Bonchev–Trinajstić information content (AvgIpc) is 3.00. The minimum absolute atomic E-state index is 0.0252. The fourth-order valence-electron chi connectivity index (χ4n) is 3.84. The van der Waals surface area contributed by atoms with Crippen LogP contribution in [0.5, 0.6) is 5.88 Å². The van der Waals surface area contributed by atoms with Gasteiger partial charge in [-0.05, 0) is 42.0 Å². The Labute approximate surface area is 198 Å². The van der Waals surface area contributed by atoms with Crippen molar-refractivity contribution in [3.05, 3.63) is 116 Å². The zero-order valence-electron chi connectivity index (χ0n) is 17.2. The third kappa shape index (κ3) is 4.13. The highest BCUT2D eigenvalue weighted by Crippen LogP contribution is 2.45. The van der Waals surface area contributed by atoms with E-state index >= 15 is 0 Å². The summed E-state index contributed by atoms with van der Waals surface area (Å²) in [6, 6.07) is 24.0. The van der Waals surface area contributed by atoms with Gasteiger partial charge in [0.05, 0.1) is 17.1 Å². The van der Waals surface area contributed by atoms with E-state index < -0.39 is 17.1 Å². The molecule has 0 aliphatic carbocycles. The molecule has 0 saturated carbocycles. The molecule has 0 fully saturated rings. The van der Waals surface area contributed by atoms with Crippen molar-refractivity contribution in [2.24, 2.45) is 4.99 Å². The maximum Gasteiger partial charge on any atom is 0.335 e. The van der Waals surface area contributed by atoms with Gasteiger partial charge in [0.15, 0.2) is 0 Å². The zero-order chi connectivity index (χ0) is 22.9. The Morgan fingerprint density at radius 3 is 2.42 bits per heavy atom. The predicted molar refractivity (Wildman–Crippen MR) is 132 cm³/mol. The van der Waals surface area contributed by atoms with Crippen molar-refractivity contribution in [1.29, 1.82) is 0 Å². The first-order valence-corrected chi connectivity index (χ1v) is 11.5. The number of aromatic amines is 1. The number of hydrogen-bond acceptors (Lipinski definition) is 5. The van der Waals surface area contributed by atoms with E-state index in [9.17, 15) is 14.7 Å². The molecule has 0 radical (unpaired) electrons. The average molecular weight is 476 g/mol. The number of benzene rings is 3. The number of fused-ring (bicyclic) bond motifs is 1. The number of aromatic nitrogens is 2. The van der Waals surface area contributed by atoms with Crippen LogP contribution in [-0.4, -0.2) is 20.4 Å². The number of nitrogens with one attached hydrogen (secondary N) is 1. The molecule has 5 rings (SSSR count). The fraction of sp³-hybridized carbons (Fsp3) is 0.0800. The van der Waals surface area contributed by atoms with Gasteiger partial charge in [-0.3, -0.25) is 14.8 Å². The van der Waals surface area contributed by atoms with Gasteiger partial charge in [-0.1, -0.05) is 54.1 Å². The molecule has 0 bridgehead atoms. The molecule has 1 atom stereocenters. The summed E-state index contributed by atoms with van der Waals surface area (Å²) < 4.78 is 1.05. The molecule has 4 aromatic rings. The highest BCUT2D eigenvalue weighted by atomic mass is 35.5. The zero-order valence-corrected chi connectivity index (χ0v) is 18.8. The fourth-order valence-corrected chi connectivity index (χ4v) is 5.20. The standard InChI is InChI=1S/C25H18ClN3O3S/c26-16-10-12-17(13-11-16)29-24(31)22(23(30)28-25(29)32)19-14-21(15-6-2-1-3-7-15)33-20-9-5-4-8-18(20)27-19/h1-13,21,31H,14H2,(H,28,30,32)/t21-/m0/s1. The van der Waals surface area contributed by atoms with Crippen LogP contribution in [0.4, 0.5) is 5.69 Å². The van der Waals surface area contributed by atoms with E-state index in [0.29, 0.717) is 28.5 Å². The van der Waals surface area contributed by atoms with E-state index in [2.05, 4.69) is 4.98 Å². The maximum atomic E-state index is 12.9. The van der Waals surface area contributed by atoms with Crippen molar-refractivity contribution in [3.63, 3.8) is 0 Å². The first-order chi connectivity index (χ1) is 16.0. The van der Waals surface area contributed by atoms with Gasteiger partial charge >= 0.3 is 5.69 Å². The summed E-state index contributed by atoms with van der Waals surface area (Å²) in [5.74, 6) is -0.457. The second-order valence-corrected chi connectivity index (χ2v) is 9.20. The number of para-hydroxylation sites is 1. The number of aromatic hydroxyl groups is 1. The minimum Gasteiger partial charge on any atom is -0.493 e. The molecule has 2 N–H and O–H groups in total. The Hall–Kier alpha value is -3.55. The second kappa shape index (κ2) is 8.77. The van der Waals surface area contributed by atoms with Gasteiger partial charge in [0, 0.05) is 21.6 Å². The van der Waals surface area contributed by atoms with E-state index in [1.165, 1.54) is 0 Å². The lowest BCUT2D eigenvalue weighted by Crippen LogP contribution is -2.33. The van der Waals surface area contributed by atoms with Crippen LogP contribution in [0, 0.1) is 0 Å². The lowest BCUT2D eigenvalue weighted by Gasteiger charge is -2.17. The van der Waals surface area contributed by atoms with Crippen molar-refractivity contribution in [1.82, 2.24) is 9.55 Å². The predicted octanol–water partition coefficient (Wildman–Crippen LogP) is 5.24. The summed E-state index contributed by atoms with van der Waals surface area (Å²) in [5.41, 5.74) is 1.12. The normalized spacial score (nSPS) is 15.4. The van der Waals surface area contributed by atoms with Gasteiger partial charge < -0.3 is 5.11 Å². The molecule has 164 valence electrons. The number of hydrogen-bond donors (Lipinski definition) is 2. The first kappa shape index (κ1) is 21.3. The van der Waals surface area contributed by atoms with Gasteiger partial charge in [-0.2, -0.15) is 0 Å². The van der Waals surface area contributed by atoms with Gasteiger partial charge in [-0.15, -0.1) is 11.8 Å². The SMILES string of the molecule is O=c1[nH]c(=O)n(-c2ccc(Cl)cc2)c(O)c1C1=Nc2ccccc2S[C@H](c2ccccc2)C1. The van der Waals surface area contributed by atoms with Crippen LogP contribution in [0.3, 0.4) is 0 Å². The molecule has 0 amide bonds. The van der Waals surface area contributed by atoms with Gasteiger partial charge in [-0.25, -0.2) is 9.36 Å². The van der Waals surface area contributed by atoms with Crippen molar-refractivity contribution in [3.8, 4) is 11.6 Å². The van der Waals surface area contributed by atoms with Crippen LogP contribution in [0.2, 0.25) is 5.02 Å². The lowest BCUT2D eigenvalue weighted by molar-refractivity contribution is 0.429.